The van der Waals surface area contributed by atoms with Gasteiger partial charge < -0.3 is 19.5 Å². The maximum absolute atomic E-state index is 5.89. The Kier molecular flexibility index (Phi) is 4.53. The van der Waals surface area contributed by atoms with Crippen molar-refractivity contribution >= 4 is 11.0 Å². The number of likely N-dealkylation sites (N-methyl/N-ethyl adjacent to an activating group) is 1. The predicted molar refractivity (Wildman–Crippen MR) is 84.4 cm³/mol. The molecule has 0 radical (unpaired) electrons. The zero-order valence-electron chi connectivity index (χ0n) is 12.9. The fourth-order valence-electron chi connectivity index (χ4n) is 2.93. The number of morpholine rings is 1. The van der Waals surface area contributed by atoms with Crippen LogP contribution in [-0.2, 0) is 17.8 Å². The number of fused-ring (bicyclic) bond motifs is 1. The molecule has 0 aromatic carbocycles. The summed E-state index contributed by atoms with van der Waals surface area (Å²) in [6.45, 7) is 7.67. The van der Waals surface area contributed by atoms with Crippen LogP contribution < -0.4 is 5.32 Å². The van der Waals surface area contributed by atoms with E-state index >= 15 is 0 Å². The third-order valence-corrected chi connectivity index (χ3v) is 4.02. The summed E-state index contributed by atoms with van der Waals surface area (Å²) >= 11 is 0. The van der Waals surface area contributed by atoms with E-state index in [4.69, 9.17) is 4.74 Å². The topological polar surface area (TPSA) is 42.3 Å². The molecule has 0 saturated carbocycles. The molecule has 5 heteroatoms. The Hall–Kier alpha value is -1.43. The van der Waals surface area contributed by atoms with Crippen molar-refractivity contribution in [3.63, 3.8) is 0 Å². The zero-order valence-corrected chi connectivity index (χ0v) is 12.9. The average Bonchev–Trinajstić information content (AvgIpc) is 2.84. The lowest BCUT2D eigenvalue weighted by Gasteiger charge is -2.30. The smallest absolute Gasteiger partial charge is 0.140 e. The summed E-state index contributed by atoms with van der Waals surface area (Å²) < 4.78 is 8.13. The molecule has 0 amide bonds. The lowest BCUT2D eigenvalue weighted by Crippen LogP contribution is -2.41. The Morgan fingerprint density at radius 3 is 3.19 bits per heavy atom. The molecule has 3 heterocycles. The van der Waals surface area contributed by atoms with Crippen LogP contribution in [-0.4, -0.2) is 53.8 Å². The van der Waals surface area contributed by atoms with E-state index in [1.807, 2.05) is 12.3 Å². The second-order valence-corrected chi connectivity index (χ2v) is 5.72. The molecule has 5 nitrogen and oxygen atoms in total. The Morgan fingerprint density at radius 2 is 2.38 bits per heavy atom. The van der Waals surface area contributed by atoms with Crippen molar-refractivity contribution in [1.82, 2.24) is 19.8 Å². The van der Waals surface area contributed by atoms with Gasteiger partial charge >= 0.3 is 0 Å². The van der Waals surface area contributed by atoms with Gasteiger partial charge in [-0.25, -0.2) is 4.98 Å². The molecule has 1 unspecified atom stereocenters. The summed E-state index contributed by atoms with van der Waals surface area (Å²) in [5.74, 6) is 0. The van der Waals surface area contributed by atoms with E-state index in [-0.39, 0.29) is 6.10 Å². The molecule has 1 atom stereocenters. The highest BCUT2D eigenvalue weighted by Gasteiger charge is 2.19. The van der Waals surface area contributed by atoms with Gasteiger partial charge in [-0.3, -0.25) is 0 Å². The molecule has 3 rings (SSSR count). The highest BCUT2D eigenvalue weighted by atomic mass is 16.5. The predicted octanol–water partition coefficient (Wildman–Crippen LogP) is 1.48. The minimum Gasteiger partial charge on any atom is -0.374 e. The Balaban J connectivity index is 1.84. The van der Waals surface area contributed by atoms with Crippen molar-refractivity contribution in [2.75, 3.05) is 33.3 Å². The van der Waals surface area contributed by atoms with Crippen LogP contribution in [0.15, 0.2) is 24.5 Å². The van der Waals surface area contributed by atoms with Crippen LogP contribution in [0.1, 0.15) is 12.5 Å². The molecule has 2 aromatic heterocycles. The molecule has 1 fully saturated rings. The van der Waals surface area contributed by atoms with E-state index in [0.29, 0.717) is 0 Å². The van der Waals surface area contributed by atoms with Crippen LogP contribution in [0.2, 0.25) is 0 Å². The van der Waals surface area contributed by atoms with Gasteiger partial charge in [0.25, 0.3) is 0 Å². The average molecular weight is 288 g/mol. The number of nitrogens with zero attached hydrogens (tertiary/aromatic N) is 3. The molecule has 2 aromatic rings. The standard InChI is InChI=1S/C16H24N4O/c1-3-17-9-13-10-20(16-15(13)5-4-6-18-16)12-14-11-19(2)7-8-21-14/h4-6,10,14,17H,3,7-9,11-12H2,1-2H3. The number of hydrogen-bond acceptors (Lipinski definition) is 4. The summed E-state index contributed by atoms with van der Waals surface area (Å²) in [5.41, 5.74) is 2.37. The van der Waals surface area contributed by atoms with E-state index in [0.717, 1.165) is 45.0 Å². The van der Waals surface area contributed by atoms with Gasteiger partial charge in [-0.05, 0) is 31.3 Å². The van der Waals surface area contributed by atoms with Gasteiger partial charge in [-0.15, -0.1) is 0 Å². The van der Waals surface area contributed by atoms with Gasteiger partial charge in [0, 0.05) is 37.4 Å². The quantitative estimate of drug-likeness (QED) is 0.905. The van der Waals surface area contributed by atoms with E-state index in [9.17, 15) is 0 Å². The maximum Gasteiger partial charge on any atom is 0.140 e. The summed E-state index contributed by atoms with van der Waals surface area (Å²) in [7, 11) is 2.15. The summed E-state index contributed by atoms with van der Waals surface area (Å²) in [5, 5.41) is 4.64. The number of rotatable bonds is 5. The first-order valence-corrected chi connectivity index (χ1v) is 7.71. The fourth-order valence-corrected chi connectivity index (χ4v) is 2.93. The van der Waals surface area contributed by atoms with Crippen LogP contribution in [0.4, 0.5) is 0 Å². The first kappa shape index (κ1) is 14.5. The van der Waals surface area contributed by atoms with E-state index in [1.54, 1.807) is 0 Å². The normalized spacial score (nSPS) is 20.2. The number of hydrogen-bond donors (Lipinski definition) is 1. The molecular formula is C16H24N4O. The minimum atomic E-state index is 0.244. The third kappa shape index (κ3) is 3.26. The first-order chi connectivity index (χ1) is 10.3. The lowest BCUT2D eigenvalue weighted by molar-refractivity contribution is -0.0269. The monoisotopic (exact) mass is 288 g/mol. The zero-order chi connectivity index (χ0) is 14.7. The summed E-state index contributed by atoms with van der Waals surface area (Å²) in [4.78, 5) is 6.89. The molecule has 21 heavy (non-hydrogen) atoms. The molecule has 0 bridgehead atoms. The molecule has 0 aliphatic carbocycles. The van der Waals surface area contributed by atoms with Gasteiger partial charge in [0.2, 0.25) is 0 Å². The van der Waals surface area contributed by atoms with Crippen LogP contribution >= 0.6 is 0 Å². The van der Waals surface area contributed by atoms with Gasteiger partial charge in [0.15, 0.2) is 0 Å². The third-order valence-electron chi connectivity index (χ3n) is 4.02. The molecule has 1 N–H and O–H groups in total. The number of ether oxygens (including phenoxy) is 1. The number of pyridine rings is 1. The highest BCUT2D eigenvalue weighted by Crippen LogP contribution is 2.20. The van der Waals surface area contributed by atoms with Crippen molar-refractivity contribution < 1.29 is 4.74 Å². The number of aromatic nitrogens is 2. The van der Waals surface area contributed by atoms with Gasteiger partial charge in [0.1, 0.15) is 5.65 Å². The largest absolute Gasteiger partial charge is 0.374 e. The molecule has 1 aliphatic rings. The minimum absolute atomic E-state index is 0.244. The fraction of sp³-hybridized carbons (Fsp3) is 0.562. The number of nitrogens with one attached hydrogen (secondary N) is 1. The summed E-state index contributed by atoms with van der Waals surface area (Å²) in [6, 6.07) is 4.16. The second kappa shape index (κ2) is 6.56. The molecule has 1 saturated heterocycles. The van der Waals surface area contributed by atoms with Crippen LogP contribution in [0, 0.1) is 0 Å². The van der Waals surface area contributed by atoms with Crippen LogP contribution in [0.25, 0.3) is 11.0 Å². The Morgan fingerprint density at radius 1 is 1.48 bits per heavy atom. The molecular weight excluding hydrogens is 264 g/mol. The van der Waals surface area contributed by atoms with Crippen molar-refractivity contribution in [2.24, 2.45) is 0 Å². The van der Waals surface area contributed by atoms with E-state index < -0.39 is 0 Å². The lowest BCUT2D eigenvalue weighted by atomic mass is 10.2. The van der Waals surface area contributed by atoms with Gasteiger partial charge in [0.05, 0.1) is 19.3 Å². The highest BCUT2D eigenvalue weighted by molar-refractivity contribution is 5.80. The molecule has 0 spiro atoms. The van der Waals surface area contributed by atoms with E-state index in [2.05, 4.69) is 46.0 Å². The van der Waals surface area contributed by atoms with Crippen LogP contribution in [0.5, 0.6) is 0 Å². The van der Waals surface area contributed by atoms with Gasteiger partial charge in [-0.2, -0.15) is 0 Å². The van der Waals surface area contributed by atoms with Gasteiger partial charge in [-0.1, -0.05) is 6.92 Å². The van der Waals surface area contributed by atoms with Crippen molar-refractivity contribution in [3.05, 3.63) is 30.1 Å². The second-order valence-electron chi connectivity index (χ2n) is 5.72. The Labute approximate surface area is 125 Å². The summed E-state index contributed by atoms with van der Waals surface area (Å²) in [6.07, 6.45) is 4.33. The molecule has 1 aliphatic heterocycles. The van der Waals surface area contributed by atoms with Crippen molar-refractivity contribution in [1.29, 1.82) is 0 Å². The Bertz CT molecular complexity index is 595. The van der Waals surface area contributed by atoms with E-state index in [1.165, 1.54) is 10.9 Å². The SMILES string of the molecule is CCNCc1cn(CC2CN(C)CCO2)c2ncccc12. The van der Waals surface area contributed by atoms with Crippen molar-refractivity contribution in [3.8, 4) is 0 Å². The maximum atomic E-state index is 5.89. The first-order valence-electron chi connectivity index (χ1n) is 7.71. The van der Waals surface area contributed by atoms with Crippen LogP contribution in [0.3, 0.4) is 0 Å². The molecule has 114 valence electrons. The van der Waals surface area contributed by atoms with Crippen molar-refractivity contribution in [2.45, 2.75) is 26.1 Å².